The van der Waals surface area contributed by atoms with E-state index in [1.54, 1.807) is 9.02 Å². The molecule has 0 amide bonds. The van der Waals surface area contributed by atoms with Crippen LogP contribution in [0.25, 0.3) is 0 Å². The molecule has 1 N–H and O–H groups in total. The number of para-hydroxylation sites is 2. The molecule has 102 valence electrons. The fraction of sp³-hybridized carbons (Fsp3) is 0.231. The number of hydrogen-bond donors (Lipinski definition) is 1. The third-order valence-corrected chi connectivity index (χ3v) is 3.14. The van der Waals surface area contributed by atoms with Crippen molar-refractivity contribution >= 4 is 49.8 Å². The third-order valence-electron chi connectivity index (χ3n) is 2.86. The Morgan fingerprint density at radius 1 is 1.30 bits per heavy atom. The number of nitrogens with one attached hydrogen (secondary N) is 1. The zero-order valence-corrected chi connectivity index (χ0v) is 13.2. The summed E-state index contributed by atoms with van der Waals surface area (Å²) in [7, 11) is 0. The van der Waals surface area contributed by atoms with Crippen molar-refractivity contribution in [2.24, 2.45) is 9.98 Å². The van der Waals surface area contributed by atoms with E-state index in [2.05, 4.69) is 48.1 Å². The molecule has 0 saturated heterocycles. The highest BCUT2D eigenvalue weighted by atomic mass is 127. The van der Waals surface area contributed by atoms with Crippen molar-refractivity contribution in [2.75, 3.05) is 5.32 Å². The molecule has 3 rings (SSSR count). The van der Waals surface area contributed by atoms with Crippen molar-refractivity contribution in [3.05, 3.63) is 30.0 Å². The normalized spacial score (nSPS) is 13.7. The largest absolute Gasteiger partial charge is 0.335 e. The molecule has 0 saturated carbocycles. The fourth-order valence-electron chi connectivity index (χ4n) is 1.90. The van der Waals surface area contributed by atoms with Crippen LogP contribution in [0.2, 0.25) is 0 Å². The highest BCUT2D eigenvalue weighted by molar-refractivity contribution is 14.1. The maximum Gasteiger partial charge on any atom is 0.185 e. The molecule has 0 unspecified atom stereocenters. The summed E-state index contributed by atoms with van der Waals surface area (Å²) < 4.78 is 1.68. The summed E-state index contributed by atoms with van der Waals surface area (Å²) >= 11 is 2.07. The lowest BCUT2D eigenvalue weighted by molar-refractivity contribution is 0.467. The van der Waals surface area contributed by atoms with Crippen molar-refractivity contribution < 1.29 is 0 Å². The molecule has 0 radical (unpaired) electrons. The molecule has 1 aliphatic heterocycles. The summed E-state index contributed by atoms with van der Waals surface area (Å²) in [5.74, 6) is 1.25. The lowest BCUT2D eigenvalue weighted by atomic mass is 10.3. The van der Waals surface area contributed by atoms with Gasteiger partial charge in [-0.1, -0.05) is 12.1 Å². The molecule has 1 aromatic heterocycles. The van der Waals surface area contributed by atoms with Crippen LogP contribution in [-0.4, -0.2) is 25.1 Å². The van der Waals surface area contributed by atoms with Crippen LogP contribution in [0.1, 0.15) is 25.6 Å². The maximum absolute atomic E-state index is 4.58. The fourth-order valence-corrected chi connectivity index (χ4v) is 2.16. The van der Waals surface area contributed by atoms with Gasteiger partial charge in [-0.15, -0.1) is 10.2 Å². The summed E-state index contributed by atoms with van der Waals surface area (Å²) in [4.78, 5) is 10.6. The second kappa shape index (κ2) is 5.31. The standard InChI is InChI=1S/C13H13IN6/c1-8(2)20-18-11-12(15-7-14)16-9-5-3-4-6-10(9)17-13(11)19-20/h3-8H,1-2H3,(H,17,19). The Hall–Kier alpha value is -1.77. The Labute approximate surface area is 130 Å². The van der Waals surface area contributed by atoms with E-state index in [1.165, 1.54) is 0 Å². The van der Waals surface area contributed by atoms with Gasteiger partial charge in [0.05, 0.1) is 21.6 Å². The number of hydrogen-bond acceptors (Lipinski definition) is 5. The van der Waals surface area contributed by atoms with Crippen LogP contribution >= 0.6 is 22.6 Å². The first-order valence-electron chi connectivity index (χ1n) is 6.23. The zero-order valence-electron chi connectivity index (χ0n) is 11.1. The van der Waals surface area contributed by atoms with Gasteiger partial charge in [-0.05, 0) is 48.6 Å². The average Bonchev–Trinajstić information content (AvgIpc) is 2.79. The van der Waals surface area contributed by atoms with Gasteiger partial charge in [0.25, 0.3) is 0 Å². The van der Waals surface area contributed by atoms with E-state index in [9.17, 15) is 0 Å². The SMILES string of the molecule is CC(C)n1nc2c(n1)C(N=CI)=Nc1ccccc1N2. The van der Waals surface area contributed by atoms with Crippen LogP contribution in [0.3, 0.4) is 0 Å². The molecule has 0 bridgehead atoms. The van der Waals surface area contributed by atoms with Gasteiger partial charge >= 0.3 is 0 Å². The molecule has 0 fully saturated rings. The van der Waals surface area contributed by atoms with Crippen LogP contribution in [-0.2, 0) is 0 Å². The summed E-state index contributed by atoms with van der Waals surface area (Å²) in [5, 5.41) is 12.2. The van der Waals surface area contributed by atoms with E-state index in [0.29, 0.717) is 17.3 Å². The molecule has 0 atom stereocenters. The minimum absolute atomic E-state index is 0.184. The van der Waals surface area contributed by atoms with Crippen LogP contribution in [0.15, 0.2) is 34.3 Å². The van der Waals surface area contributed by atoms with Crippen molar-refractivity contribution in [2.45, 2.75) is 19.9 Å². The highest BCUT2D eigenvalue weighted by Crippen LogP contribution is 2.32. The van der Waals surface area contributed by atoms with Crippen LogP contribution in [0.5, 0.6) is 0 Å². The van der Waals surface area contributed by atoms with Gasteiger partial charge in [0, 0.05) is 0 Å². The van der Waals surface area contributed by atoms with E-state index in [-0.39, 0.29) is 6.04 Å². The minimum Gasteiger partial charge on any atom is -0.335 e. The average molecular weight is 380 g/mol. The van der Waals surface area contributed by atoms with E-state index in [1.807, 2.05) is 38.1 Å². The molecule has 2 heterocycles. The third kappa shape index (κ3) is 2.33. The van der Waals surface area contributed by atoms with E-state index >= 15 is 0 Å². The van der Waals surface area contributed by atoms with Crippen molar-refractivity contribution in [3.8, 4) is 0 Å². The number of amidine groups is 1. The number of benzene rings is 1. The number of halogens is 1. The lowest BCUT2D eigenvalue weighted by Crippen LogP contribution is -2.06. The molecular weight excluding hydrogens is 367 g/mol. The Bertz CT molecular complexity index is 701. The number of nitrogens with zero attached hydrogens (tertiary/aromatic N) is 5. The first-order valence-corrected chi connectivity index (χ1v) is 7.48. The van der Waals surface area contributed by atoms with Gasteiger partial charge in [-0.2, -0.15) is 4.80 Å². The lowest BCUT2D eigenvalue weighted by Gasteiger charge is -2.04. The number of aliphatic imine (C=N–C) groups is 2. The summed E-state index contributed by atoms with van der Waals surface area (Å²) in [6.45, 7) is 4.07. The number of aromatic nitrogens is 3. The van der Waals surface area contributed by atoms with E-state index < -0.39 is 0 Å². The summed E-state index contributed by atoms with van der Waals surface area (Å²) in [6.07, 6.45) is 0. The van der Waals surface area contributed by atoms with Crippen molar-refractivity contribution in [1.29, 1.82) is 0 Å². The van der Waals surface area contributed by atoms with Gasteiger partial charge in [0.15, 0.2) is 17.3 Å². The summed E-state index contributed by atoms with van der Waals surface area (Å²) in [6, 6.07) is 7.99. The maximum atomic E-state index is 4.58. The van der Waals surface area contributed by atoms with Crippen molar-refractivity contribution in [1.82, 2.24) is 15.0 Å². The monoisotopic (exact) mass is 380 g/mol. The van der Waals surface area contributed by atoms with Crippen molar-refractivity contribution in [3.63, 3.8) is 0 Å². The quantitative estimate of drug-likeness (QED) is 0.609. The van der Waals surface area contributed by atoms with Crippen LogP contribution < -0.4 is 5.32 Å². The smallest absolute Gasteiger partial charge is 0.185 e. The molecule has 6 nitrogen and oxygen atoms in total. The number of rotatable bonds is 1. The Morgan fingerprint density at radius 2 is 2.10 bits per heavy atom. The zero-order chi connectivity index (χ0) is 14.1. The van der Waals surface area contributed by atoms with Crippen LogP contribution in [0.4, 0.5) is 17.2 Å². The minimum atomic E-state index is 0.184. The predicted octanol–water partition coefficient (Wildman–Crippen LogP) is 3.46. The molecule has 20 heavy (non-hydrogen) atoms. The molecule has 0 spiro atoms. The molecule has 0 aliphatic carbocycles. The topological polar surface area (TPSA) is 67.5 Å². The van der Waals surface area contributed by atoms with Gasteiger partial charge in [-0.25, -0.2) is 9.98 Å². The van der Waals surface area contributed by atoms with E-state index in [0.717, 1.165) is 11.4 Å². The van der Waals surface area contributed by atoms with Gasteiger partial charge < -0.3 is 5.32 Å². The van der Waals surface area contributed by atoms with E-state index in [4.69, 9.17) is 0 Å². The summed E-state index contributed by atoms with van der Waals surface area (Å²) in [5.41, 5.74) is 2.41. The Balaban J connectivity index is 2.19. The Kier molecular flexibility index (Phi) is 3.51. The molecule has 1 aromatic carbocycles. The van der Waals surface area contributed by atoms with Gasteiger partial charge in [0.1, 0.15) is 0 Å². The first-order chi connectivity index (χ1) is 9.69. The van der Waals surface area contributed by atoms with Gasteiger partial charge in [-0.3, -0.25) is 0 Å². The number of fused-ring (bicyclic) bond motifs is 2. The number of anilines is 2. The second-order valence-electron chi connectivity index (χ2n) is 4.62. The first kappa shape index (κ1) is 13.2. The Morgan fingerprint density at radius 3 is 2.85 bits per heavy atom. The molecular formula is C13H13IN6. The predicted molar refractivity (Wildman–Crippen MR) is 88.8 cm³/mol. The van der Waals surface area contributed by atoms with Crippen LogP contribution in [0, 0.1) is 0 Å². The highest BCUT2D eigenvalue weighted by Gasteiger charge is 2.21. The second-order valence-corrected chi connectivity index (χ2v) is 5.17. The van der Waals surface area contributed by atoms with Gasteiger partial charge in [0.2, 0.25) is 0 Å². The molecule has 7 heteroatoms. The molecule has 1 aliphatic rings. The molecule has 2 aromatic rings.